The molecule has 94 valence electrons. The van der Waals surface area contributed by atoms with Crippen LogP contribution >= 0.6 is 0 Å². The van der Waals surface area contributed by atoms with E-state index in [-0.39, 0.29) is 11.8 Å². The van der Waals surface area contributed by atoms with Crippen LogP contribution in [0.3, 0.4) is 0 Å². The Morgan fingerprint density at radius 3 is 2.75 bits per heavy atom. The van der Waals surface area contributed by atoms with Gasteiger partial charge in [-0.3, -0.25) is 4.79 Å². The van der Waals surface area contributed by atoms with Crippen molar-refractivity contribution in [2.75, 3.05) is 20.3 Å². The first kappa shape index (κ1) is 13.5. The van der Waals surface area contributed by atoms with E-state index in [0.29, 0.717) is 6.61 Å². The van der Waals surface area contributed by atoms with Gasteiger partial charge in [-0.15, -0.1) is 0 Å². The molecule has 16 heavy (non-hydrogen) atoms. The zero-order valence-corrected chi connectivity index (χ0v) is 10.3. The minimum absolute atomic E-state index is 0.213. The van der Waals surface area contributed by atoms with Gasteiger partial charge < -0.3 is 14.2 Å². The van der Waals surface area contributed by atoms with Crippen LogP contribution in [0.15, 0.2) is 0 Å². The van der Waals surface area contributed by atoms with Crippen molar-refractivity contribution in [3.8, 4) is 0 Å². The predicted octanol–water partition coefficient (Wildman–Crippen LogP) is 2.26. The van der Waals surface area contributed by atoms with Crippen molar-refractivity contribution in [3.63, 3.8) is 0 Å². The summed E-state index contributed by atoms with van der Waals surface area (Å²) in [5.41, 5.74) is 0. The molecular formula is C12H22O4. The van der Waals surface area contributed by atoms with Crippen LogP contribution in [0.2, 0.25) is 0 Å². The fourth-order valence-electron chi connectivity index (χ4n) is 2.00. The molecule has 1 rings (SSSR count). The summed E-state index contributed by atoms with van der Waals surface area (Å²) in [5.74, 6) is -0.593. The number of carbonyl (C=O) groups excluding carboxylic acids is 1. The molecule has 1 fully saturated rings. The predicted molar refractivity (Wildman–Crippen MR) is 60.0 cm³/mol. The lowest BCUT2D eigenvalue weighted by Crippen LogP contribution is -2.38. The monoisotopic (exact) mass is 230 g/mol. The van der Waals surface area contributed by atoms with Crippen LogP contribution in [0.5, 0.6) is 0 Å². The SMILES string of the molecule is COC1(CCCCOC(C)=O)CCCCO1. The van der Waals surface area contributed by atoms with Crippen molar-refractivity contribution in [1.29, 1.82) is 0 Å². The van der Waals surface area contributed by atoms with Gasteiger partial charge in [-0.25, -0.2) is 0 Å². The Kier molecular flexibility index (Phi) is 5.77. The largest absolute Gasteiger partial charge is 0.466 e. The molecule has 1 unspecified atom stereocenters. The van der Waals surface area contributed by atoms with Gasteiger partial charge in [0.15, 0.2) is 5.79 Å². The highest BCUT2D eigenvalue weighted by molar-refractivity contribution is 5.65. The average Bonchev–Trinajstić information content (AvgIpc) is 2.29. The van der Waals surface area contributed by atoms with E-state index in [9.17, 15) is 4.79 Å². The van der Waals surface area contributed by atoms with Crippen molar-refractivity contribution >= 4 is 5.97 Å². The van der Waals surface area contributed by atoms with Crippen LogP contribution in [-0.4, -0.2) is 32.1 Å². The molecule has 0 aliphatic carbocycles. The van der Waals surface area contributed by atoms with E-state index >= 15 is 0 Å². The van der Waals surface area contributed by atoms with Crippen LogP contribution in [0.25, 0.3) is 0 Å². The van der Waals surface area contributed by atoms with E-state index in [0.717, 1.165) is 45.1 Å². The van der Waals surface area contributed by atoms with Gasteiger partial charge >= 0.3 is 5.97 Å². The summed E-state index contributed by atoms with van der Waals surface area (Å²) < 4.78 is 16.1. The van der Waals surface area contributed by atoms with Gasteiger partial charge in [-0.2, -0.15) is 0 Å². The molecule has 0 amide bonds. The Morgan fingerprint density at radius 2 is 2.19 bits per heavy atom. The number of esters is 1. The van der Waals surface area contributed by atoms with Crippen LogP contribution in [0, 0.1) is 0 Å². The Balaban J connectivity index is 2.15. The summed E-state index contributed by atoms with van der Waals surface area (Å²) in [6.45, 7) is 2.72. The smallest absolute Gasteiger partial charge is 0.302 e. The van der Waals surface area contributed by atoms with Gasteiger partial charge in [0, 0.05) is 26.9 Å². The highest BCUT2D eigenvalue weighted by Gasteiger charge is 2.32. The van der Waals surface area contributed by atoms with Gasteiger partial charge in [0.25, 0.3) is 0 Å². The van der Waals surface area contributed by atoms with Gasteiger partial charge in [-0.05, 0) is 25.7 Å². The number of ether oxygens (including phenoxy) is 3. The first-order chi connectivity index (χ1) is 7.68. The summed E-state index contributed by atoms with van der Waals surface area (Å²) in [7, 11) is 1.71. The highest BCUT2D eigenvalue weighted by atomic mass is 16.7. The molecule has 0 spiro atoms. The van der Waals surface area contributed by atoms with Crippen LogP contribution in [0.4, 0.5) is 0 Å². The zero-order valence-electron chi connectivity index (χ0n) is 10.3. The van der Waals surface area contributed by atoms with Gasteiger partial charge in [0.2, 0.25) is 0 Å². The van der Waals surface area contributed by atoms with E-state index < -0.39 is 0 Å². The molecule has 0 radical (unpaired) electrons. The van der Waals surface area contributed by atoms with Crippen molar-refractivity contribution in [2.24, 2.45) is 0 Å². The van der Waals surface area contributed by atoms with Crippen molar-refractivity contribution in [1.82, 2.24) is 0 Å². The first-order valence-electron chi connectivity index (χ1n) is 6.01. The number of hydrogen-bond donors (Lipinski definition) is 0. The van der Waals surface area contributed by atoms with Crippen LogP contribution in [0.1, 0.15) is 45.4 Å². The van der Waals surface area contributed by atoms with Crippen LogP contribution in [-0.2, 0) is 19.0 Å². The normalized spacial score (nSPS) is 25.4. The van der Waals surface area contributed by atoms with Gasteiger partial charge in [0.1, 0.15) is 0 Å². The number of rotatable bonds is 6. The fourth-order valence-corrected chi connectivity index (χ4v) is 2.00. The lowest BCUT2D eigenvalue weighted by atomic mass is 9.99. The topological polar surface area (TPSA) is 44.8 Å². The third-order valence-electron chi connectivity index (χ3n) is 2.95. The fraction of sp³-hybridized carbons (Fsp3) is 0.917. The van der Waals surface area contributed by atoms with E-state index in [4.69, 9.17) is 14.2 Å². The Hall–Kier alpha value is -0.610. The maximum atomic E-state index is 10.6. The third-order valence-corrected chi connectivity index (χ3v) is 2.95. The molecule has 0 aromatic carbocycles. The molecular weight excluding hydrogens is 208 g/mol. The second-order valence-corrected chi connectivity index (χ2v) is 4.22. The Morgan fingerprint density at radius 1 is 1.38 bits per heavy atom. The molecule has 1 heterocycles. The van der Waals surface area contributed by atoms with Gasteiger partial charge in [-0.1, -0.05) is 0 Å². The molecule has 1 aliphatic rings. The minimum atomic E-state index is -0.380. The van der Waals surface area contributed by atoms with Gasteiger partial charge in [0.05, 0.1) is 13.2 Å². The molecule has 0 aromatic rings. The van der Waals surface area contributed by atoms with Crippen molar-refractivity contribution in [2.45, 2.75) is 51.2 Å². The second-order valence-electron chi connectivity index (χ2n) is 4.22. The lowest BCUT2D eigenvalue weighted by molar-refractivity contribution is -0.246. The maximum absolute atomic E-state index is 10.6. The second kappa shape index (κ2) is 6.86. The molecule has 0 aromatic heterocycles. The molecule has 0 N–H and O–H groups in total. The minimum Gasteiger partial charge on any atom is -0.466 e. The van der Waals surface area contributed by atoms with Crippen LogP contribution < -0.4 is 0 Å². The zero-order chi connectivity index (χ0) is 11.9. The van der Waals surface area contributed by atoms with E-state index in [1.165, 1.54) is 6.92 Å². The number of carbonyl (C=O) groups is 1. The number of hydrogen-bond acceptors (Lipinski definition) is 4. The molecule has 1 saturated heterocycles. The number of methoxy groups -OCH3 is 1. The van der Waals surface area contributed by atoms with E-state index in [1.54, 1.807) is 7.11 Å². The third kappa shape index (κ3) is 4.49. The summed E-state index contributed by atoms with van der Waals surface area (Å²) in [6, 6.07) is 0. The standard InChI is InChI=1S/C12H22O4/c1-11(13)15-9-5-3-7-12(14-2)8-4-6-10-16-12/h3-10H2,1-2H3. The number of unbranched alkanes of at least 4 members (excludes halogenated alkanes) is 1. The Bertz CT molecular complexity index is 209. The summed E-state index contributed by atoms with van der Waals surface area (Å²) in [4.78, 5) is 10.6. The quantitative estimate of drug-likeness (QED) is 0.518. The molecule has 4 heteroatoms. The molecule has 1 aliphatic heterocycles. The molecule has 0 saturated carbocycles. The molecule has 4 nitrogen and oxygen atoms in total. The highest BCUT2D eigenvalue weighted by Crippen LogP contribution is 2.30. The summed E-state index contributed by atoms with van der Waals surface area (Å²) in [6.07, 6.45) is 5.97. The van der Waals surface area contributed by atoms with Crippen molar-refractivity contribution in [3.05, 3.63) is 0 Å². The molecule has 1 atom stereocenters. The summed E-state index contributed by atoms with van der Waals surface area (Å²) in [5, 5.41) is 0. The maximum Gasteiger partial charge on any atom is 0.302 e. The first-order valence-corrected chi connectivity index (χ1v) is 6.01. The lowest BCUT2D eigenvalue weighted by Gasteiger charge is -2.36. The van der Waals surface area contributed by atoms with E-state index in [1.807, 2.05) is 0 Å². The van der Waals surface area contributed by atoms with E-state index in [2.05, 4.69) is 0 Å². The molecule has 0 bridgehead atoms. The van der Waals surface area contributed by atoms with Crippen molar-refractivity contribution < 1.29 is 19.0 Å². The average molecular weight is 230 g/mol. The Labute approximate surface area is 97.2 Å². The summed E-state index contributed by atoms with van der Waals surface area (Å²) >= 11 is 0.